The first-order valence-electron chi connectivity index (χ1n) is 13.1. The lowest BCUT2D eigenvalue weighted by Gasteiger charge is -2.56. The van der Waals surface area contributed by atoms with Crippen LogP contribution in [0.3, 0.4) is 0 Å². The summed E-state index contributed by atoms with van der Waals surface area (Å²) in [6.07, 6.45) is 13.9. The van der Waals surface area contributed by atoms with Crippen molar-refractivity contribution in [3.05, 3.63) is 70.1 Å². The molecule has 3 heterocycles. The Kier molecular flexibility index (Phi) is 5.15. The smallest absolute Gasteiger partial charge is 0.105 e. The molecular formula is C30H38N2O3. The first-order valence-corrected chi connectivity index (χ1v) is 13.1. The van der Waals surface area contributed by atoms with Gasteiger partial charge in [0.15, 0.2) is 0 Å². The van der Waals surface area contributed by atoms with Crippen LogP contribution in [0.2, 0.25) is 0 Å². The van der Waals surface area contributed by atoms with Crippen LogP contribution in [0.4, 0.5) is 0 Å². The van der Waals surface area contributed by atoms with Crippen LogP contribution >= 0.6 is 0 Å². The van der Waals surface area contributed by atoms with Crippen molar-refractivity contribution in [1.29, 1.82) is 0 Å². The van der Waals surface area contributed by atoms with Crippen molar-refractivity contribution >= 4 is 6.08 Å². The van der Waals surface area contributed by atoms with Crippen molar-refractivity contribution in [2.75, 3.05) is 14.1 Å². The maximum absolute atomic E-state index is 11.2. The largest absolute Gasteiger partial charge is 0.388 e. The second-order valence-electron chi connectivity index (χ2n) is 12.0. The number of hydrogen-bond acceptors (Lipinski definition) is 5. The van der Waals surface area contributed by atoms with Gasteiger partial charge in [-0.3, -0.25) is 4.98 Å². The summed E-state index contributed by atoms with van der Waals surface area (Å²) in [4.78, 5) is 6.48. The third-order valence-corrected chi connectivity index (χ3v) is 9.95. The number of hydrogen-bond donors (Lipinski definition) is 2. The van der Waals surface area contributed by atoms with E-state index in [9.17, 15) is 10.2 Å². The Hall–Kier alpha value is -2.05. The van der Waals surface area contributed by atoms with Crippen LogP contribution in [0.5, 0.6) is 0 Å². The van der Waals surface area contributed by atoms with Crippen molar-refractivity contribution < 1.29 is 14.9 Å². The quantitative estimate of drug-likeness (QED) is 0.682. The highest BCUT2D eigenvalue weighted by molar-refractivity contribution is 5.59. The Bertz CT molecular complexity index is 1200. The number of aromatic nitrogens is 1. The molecule has 0 amide bonds. The number of likely N-dealkylation sites (N-methyl/N-ethyl adjacent to an activating group) is 1. The van der Waals surface area contributed by atoms with Gasteiger partial charge in [-0.25, -0.2) is 0 Å². The third kappa shape index (κ3) is 3.11. The zero-order chi connectivity index (χ0) is 24.8. The van der Waals surface area contributed by atoms with Gasteiger partial charge in [-0.15, -0.1) is 0 Å². The van der Waals surface area contributed by atoms with Gasteiger partial charge in [0, 0.05) is 29.3 Å². The summed E-state index contributed by atoms with van der Waals surface area (Å²) in [5, 5.41) is 22.1. The van der Waals surface area contributed by atoms with E-state index in [4.69, 9.17) is 4.74 Å². The van der Waals surface area contributed by atoms with E-state index in [2.05, 4.69) is 56.1 Å². The van der Waals surface area contributed by atoms with Crippen LogP contribution in [0.1, 0.15) is 57.2 Å². The third-order valence-electron chi connectivity index (χ3n) is 9.95. The zero-order valence-corrected chi connectivity index (χ0v) is 21.6. The van der Waals surface area contributed by atoms with E-state index < -0.39 is 17.8 Å². The number of ether oxygens (including phenoxy) is 1. The lowest BCUT2D eigenvalue weighted by atomic mass is 9.57. The van der Waals surface area contributed by atoms with Gasteiger partial charge in [0.25, 0.3) is 0 Å². The van der Waals surface area contributed by atoms with Crippen LogP contribution in [0.15, 0.2) is 58.9 Å². The predicted molar refractivity (Wildman–Crippen MR) is 138 cm³/mol. The Morgan fingerprint density at radius 1 is 1.17 bits per heavy atom. The second kappa shape index (κ2) is 7.72. The van der Waals surface area contributed by atoms with E-state index in [0.29, 0.717) is 5.92 Å². The summed E-state index contributed by atoms with van der Waals surface area (Å²) in [5.74, 6) is 0.363. The molecule has 5 nitrogen and oxygen atoms in total. The normalized spacial score (nSPS) is 42.2. The van der Waals surface area contributed by atoms with Gasteiger partial charge in [0.2, 0.25) is 0 Å². The van der Waals surface area contributed by atoms with Crippen molar-refractivity contribution in [3.8, 4) is 0 Å². The Morgan fingerprint density at radius 2 is 1.97 bits per heavy atom. The highest BCUT2D eigenvalue weighted by Crippen LogP contribution is 2.67. The number of aliphatic hydroxyl groups excluding tert-OH is 2. The number of allylic oxidation sites excluding steroid dienone is 4. The number of aliphatic hydroxyl groups is 2. The molecule has 1 aromatic rings. The van der Waals surface area contributed by atoms with Crippen LogP contribution in [-0.4, -0.2) is 63.6 Å². The van der Waals surface area contributed by atoms with Gasteiger partial charge in [-0.1, -0.05) is 42.9 Å². The molecule has 7 atom stereocenters. The molecule has 2 bridgehead atoms. The summed E-state index contributed by atoms with van der Waals surface area (Å²) in [5.41, 5.74) is 6.30. The average molecular weight is 475 g/mol. The molecule has 0 aromatic carbocycles. The monoisotopic (exact) mass is 474 g/mol. The van der Waals surface area contributed by atoms with Crippen LogP contribution < -0.4 is 0 Å². The van der Waals surface area contributed by atoms with Crippen molar-refractivity contribution in [2.45, 2.75) is 82.3 Å². The summed E-state index contributed by atoms with van der Waals surface area (Å²) in [6, 6.07) is 3.99. The van der Waals surface area contributed by atoms with Crippen molar-refractivity contribution in [2.24, 2.45) is 11.3 Å². The summed E-state index contributed by atoms with van der Waals surface area (Å²) < 4.78 is 7.27. The maximum atomic E-state index is 11.2. The van der Waals surface area contributed by atoms with Gasteiger partial charge >= 0.3 is 0 Å². The molecule has 2 fully saturated rings. The lowest BCUT2D eigenvalue weighted by molar-refractivity contribution is -0.163. The predicted octanol–water partition coefficient (Wildman–Crippen LogP) is 4.36. The maximum Gasteiger partial charge on any atom is 0.105 e. The first-order chi connectivity index (χ1) is 16.6. The zero-order valence-electron chi connectivity index (χ0n) is 21.6. The standard InChI is InChI=1S/C30H38N2O3/c1-18-16-28(3)21(9-8-20-7-6-14-31-19(20)2)10-11-25(28)30-13-12-29(35-30)17-24(32(4)5)27(34)26(33)23(29)15-22(18)30/h6-10,14-15,24-27,33-34H,11-13,16-17H2,1-5H3. The first kappa shape index (κ1) is 23.4. The Balaban J connectivity index is 1.40. The number of aryl methyl sites for hydroxylation is 1. The molecule has 1 aromatic heterocycles. The topological polar surface area (TPSA) is 65.8 Å². The molecule has 2 spiro atoms. The van der Waals surface area contributed by atoms with E-state index in [-0.39, 0.29) is 17.1 Å². The molecule has 1 saturated heterocycles. The molecule has 5 aliphatic rings. The van der Waals surface area contributed by atoms with E-state index in [1.54, 1.807) is 0 Å². The minimum absolute atomic E-state index is 0.00478. The molecule has 0 radical (unpaired) electrons. The van der Waals surface area contributed by atoms with Crippen molar-refractivity contribution in [1.82, 2.24) is 9.88 Å². The van der Waals surface area contributed by atoms with Gasteiger partial charge in [0.1, 0.15) is 6.10 Å². The van der Waals surface area contributed by atoms with E-state index in [1.807, 2.05) is 31.3 Å². The van der Waals surface area contributed by atoms with Crippen LogP contribution in [-0.2, 0) is 4.74 Å². The van der Waals surface area contributed by atoms with Gasteiger partial charge in [0.05, 0.1) is 17.3 Å². The van der Waals surface area contributed by atoms with Gasteiger partial charge in [-0.05, 0) is 88.4 Å². The van der Waals surface area contributed by atoms with Crippen LogP contribution in [0, 0.1) is 18.3 Å². The number of pyridine rings is 1. The van der Waals surface area contributed by atoms with Crippen molar-refractivity contribution in [3.63, 3.8) is 0 Å². The number of rotatable bonds is 3. The lowest BCUT2D eigenvalue weighted by Crippen LogP contribution is -2.62. The minimum Gasteiger partial charge on any atom is -0.388 e. The SMILES string of the molecule is CC1=C2C=C3C(O)C(O)C(N(C)C)CC34CCC2(O4)C2CC=C(C=Cc3cccnc3C)C2(C)C1. The van der Waals surface area contributed by atoms with E-state index >= 15 is 0 Å². The molecule has 1 saturated carbocycles. The van der Waals surface area contributed by atoms with Crippen LogP contribution in [0.25, 0.3) is 6.08 Å². The van der Waals surface area contributed by atoms with E-state index in [1.165, 1.54) is 16.7 Å². The summed E-state index contributed by atoms with van der Waals surface area (Å²) in [7, 11) is 3.96. The number of fused-ring (bicyclic) bond motifs is 1. The Labute approximate surface area is 208 Å². The molecule has 3 aliphatic carbocycles. The molecule has 186 valence electrons. The molecule has 2 aliphatic heterocycles. The fourth-order valence-corrected chi connectivity index (χ4v) is 8.14. The molecule has 35 heavy (non-hydrogen) atoms. The minimum atomic E-state index is -0.885. The number of nitrogens with zero attached hydrogens (tertiary/aromatic N) is 2. The fraction of sp³-hybridized carbons (Fsp3) is 0.567. The highest BCUT2D eigenvalue weighted by Gasteiger charge is 2.67. The fourth-order valence-electron chi connectivity index (χ4n) is 8.14. The second-order valence-corrected chi connectivity index (χ2v) is 12.0. The average Bonchev–Trinajstić information content (AvgIpc) is 3.30. The molecular weight excluding hydrogens is 436 g/mol. The van der Waals surface area contributed by atoms with E-state index in [0.717, 1.165) is 48.9 Å². The summed E-state index contributed by atoms with van der Waals surface area (Å²) >= 11 is 0. The van der Waals surface area contributed by atoms with Gasteiger partial charge < -0.3 is 19.8 Å². The molecule has 2 N–H and O–H groups in total. The Morgan fingerprint density at radius 3 is 2.71 bits per heavy atom. The molecule has 7 unspecified atom stereocenters. The molecule has 6 rings (SSSR count). The highest BCUT2D eigenvalue weighted by atomic mass is 16.5. The molecule has 5 heteroatoms. The summed E-state index contributed by atoms with van der Waals surface area (Å²) in [6.45, 7) is 6.71. The van der Waals surface area contributed by atoms with Gasteiger partial charge in [-0.2, -0.15) is 0 Å².